The molecule has 3 aromatic heterocycles. The number of aromatic nitrogens is 3. The van der Waals surface area contributed by atoms with E-state index >= 15 is 0 Å². The summed E-state index contributed by atoms with van der Waals surface area (Å²) in [6, 6.07) is 17.7. The predicted molar refractivity (Wildman–Crippen MR) is 131 cm³/mol. The summed E-state index contributed by atoms with van der Waals surface area (Å²) in [5.41, 5.74) is 5.56. The molecule has 0 aliphatic rings. The van der Waals surface area contributed by atoms with E-state index in [0.29, 0.717) is 29.0 Å². The first-order valence-electron chi connectivity index (χ1n) is 10.4. The fourth-order valence-electron chi connectivity index (χ4n) is 3.64. The molecule has 0 unspecified atom stereocenters. The Kier molecular flexibility index (Phi) is 5.62. The lowest BCUT2D eigenvalue weighted by atomic mass is 10.00. The fraction of sp³-hybridized carbons (Fsp3) is 0.0769. The molecule has 0 amide bonds. The highest BCUT2D eigenvalue weighted by molar-refractivity contribution is 7.17. The summed E-state index contributed by atoms with van der Waals surface area (Å²) in [6.07, 6.45) is 1.56. The van der Waals surface area contributed by atoms with Crippen molar-refractivity contribution < 1.29 is 9.13 Å². The number of rotatable bonds is 5. The lowest BCUT2D eigenvalue weighted by Crippen LogP contribution is -2.01. The number of nitriles is 1. The summed E-state index contributed by atoms with van der Waals surface area (Å²) in [5.74, 6) is 1.27. The molecule has 0 radical (unpaired) electrons. The molecule has 0 spiro atoms. The maximum atomic E-state index is 13.3. The highest BCUT2D eigenvalue weighted by Gasteiger charge is 2.15. The number of pyridine rings is 1. The first kappa shape index (κ1) is 21.5. The molecule has 0 saturated heterocycles. The topological polar surface area (TPSA) is 83.7 Å². The van der Waals surface area contributed by atoms with E-state index in [2.05, 4.69) is 20.3 Å². The fourth-order valence-corrected chi connectivity index (χ4v) is 4.40. The largest absolute Gasteiger partial charge is 0.437 e. The van der Waals surface area contributed by atoms with E-state index in [0.717, 1.165) is 32.5 Å². The minimum absolute atomic E-state index is 0.262. The van der Waals surface area contributed by atoms with Crippen molar-refractivity contribution >= 4 is 33.2 Å². The van der Waals surface area contributed by atoms with Crippen LogP contribution in [0.5, 0.6) is 11.6 Å². The maximum absolute atomic E-state index is 13.3. The molecular formula is C26H18FN5OS. The number of fused-ring (bicyclic) bond motifs is 1. The van der Waals surface area contributed by atoms with E-state index in [1.807, 2.05) is 43.5 Å². The standard InChI is InChI=1S/C26H18FN5OS/c1-15-11-18(17-3-5-19(27)6-4-17)12-16(2)23(15)33-25-24-22(9-10-34-24)31-26(32-25)30-21-8-7-20(13-28)29-14-21/h3-12,14H,1-2H3,(H,30,31,32). The van der Waals surface area contributed by atoms with Gasteiger partial charge in [-0.25, -0.2) is 14.4 Å². The van der Waals surface area contributed by atoms with E-state index < -0.39 is 0 Å². The second-order valence-corrected chi connectivity index (χ2v) is 8.62. The van der Waals surface area contributed by atoms with E-state index in [1.54, 1.807) is 30.5 Å². The molecule has 0 saturated carbocycles. The molecule has 8 heteroatoms. The van der Waals surface area contributed by atoms with Crippen LogP contribution in [0.2, 0.25) is 0 Å². The van der Waals surface area contributed by atoms with Crippen LogP contribution >= 0.6 is 11.3 Å². The van der Waals surface area contributed by atoms with Crippen LogP contribution in [-0.4, -0.2) is 15.0 Å². The van der Waals surface area contributed by atoms with Crippen LogP contribution in [0.4, 0.5) is 16.0 Å². The molecule has 0 fully saturated rings. The number of hydrogen-bond donors (Lipinski definition) is 1. The van der Waals surface area contributed by atoms with Crippen LogP contribution in [0.3, 0.4) is 0 Å². The number of nitrogens with zero attached hydrogens (tertiary/aromatic N) is 4. The SMILES string of the molecule is Cc1cc(-c2ccc(F)cc2)cc(C)c1Oc1nc(Nc2ccc(C#N)nc2)nc2ccsc12. The van der Waals surface area contributed by atoms with Gasteiger partial charge in [0.1, 0.15) is 28.0 Å². The number of ether oxygens (including phenoxy) is 1. The van der Waals surface area contributed by atoms with Crippen LogP contribution < -0.4 is 10.1 Å². The van der Waals surface area contributed by atoms with Crippen molar-refractivity contribution in [2.24, 2.45) is 0 Å². The zero-order valence-corrected chi connectivity index (χ0v) is 19.2. The molecule has 5 aromatic rings. The minimum Gasteiger partial charge on any atom is -0.437 e. The Labute approximate surface area is 199 Å². The van der Waals surface area contributed by atoms with Gasteiger partial charge in [-0.05, 0) is 83.9 Å². The van der Waals surface area contributed by atoms with Gasteiger partial charge in [0.25, 0.3) is 0 Å². The third-order valence-corrected chi connectivity index (χ3v) is 6.13. The second kappa shape index (κ2) is 8.89. The van der Waals surface area contributed by atoms with Gasteiger partial charge in [0, 0.05) is 0 Å². The number of nitrogens with one attached hydrogen (secondary N) is 1. The Hall–Kier alpha value is -4.35. The van der Waals surface area contributed by atoms with E-state index in [-0.39, 0.29) is 5.82 Å². The highest BCUT2D eigenvalue weighted by Crippen LogP contribution is 2.37. The average Bonchev–Trinajstić information content (AvgIpc) is 3.31. The van der Waals surface area contributed by atoms with E-state index in [4.69, 9.17) is 10.00 Å². The smallest absolute Gasteiger partial charge is 0.242 e. The van der Waals surface area contributed by atoms with Gasteiger partial charge in [0.2, 0.25) is 11.8 Å². The molecule has 0 bridgehead atoms. The van der Waals surface area contributed by atoms with Gasteiger partial charge in [-0.3, -0.25) is 0 Å². The third kappa shape index (κ3) is 4.29. The molecular weight excluding hydrogens is 449 g/mol. The Morgan fingerprint density at radius 1 is 0.971 bits per heavy atom. The van der Waals surface area contributed by atoms with Gasteiger partial charge in [-0.1, -0.05) is 12.1 Å². The summed E-state index contributed by atoms with van der Waals surface area (Å²) in [6.45, 7) is 3.95. The van der Waals surface area contributed by atoms with Crippen LogP contribution in [0.25, 0.3) is 21.3 Å². The van der Waals surface area contributed by atoms with Gasteiger partial charge in [0.15, 0.2) is 0 Å². The van der Waals surface area contributed by atoms with Crippen molar-refractivity contribution in [3.63, 3.8) is 0 Å². The zero-order chi connectivity index (χ0) is 23.7. The van der Waals surface area contributed by atoms with Crippen LogP contribution in [0, 0.1) is 31.0 Å². The van der Waals surface area contributed by atoms with Crippen molar-refractivity contribution in [2.45, 2.75) is 13.8 Å². The summed E-state index contributed by atoms with van der Waals surface area (Å²) in [5, 5.41) is 14.0. The molecule has 0 aliphatic carbocycles. The number of thiophene rings is 1. The quantitative estimate of drug-likeness (QED) is 0.302. The summed E-state index contributed by atoms with van der Waals surface area (Å²) >= 11 is 1.50. The monoisotopic (exact) mass is 467 g/mol. The molecule has 5 rings (SSSR count). The molecule has 166 valence electrons. The van der Waals surface area contributed by atoms with E-state index in [9.17, 15) is 4.39 Å². The van der Waals surface area contributed by atoms with Gasteiger partial charge in [-0.15, -0.1) is 11.3 Å². The molecule has 34 heavy (non-hydrogen) atoms. The van der Waals surface area contributed by atoms with Gasteiger partial charge < -0.3 is 10.1 Å². The van der Waals surface area contributed by atoms with Crippen molar-refractivity contribution in [1.29, 1.82) is 5.26 Å². The molecule has 1 N–H and O–H groups in total. The molecule has 0 aliphatic heterocycles. The number of benzene rings is 2. The van der Waals surface area contributed by atoms with Gasteiger partial charge in [-0.2, -0.15) is 10.2 Å². The lowest BCUT2D eigenvalue weighted by molar-refractivity contribution is 0.463. The lowest BCUT2D eigenvalue weighted by Gasteiger charge is -2.15. The number of hydrogen-bond acceptors (Lipinski definition) is 7. The van der Waals surface area contributed by atoms with Crippen LogP contribution in [0.1, 0.15) is 16.8 Å². The normalized spacial score (nSPS) is 10.8. The van der Waals surface area contributed by atoms with Crippen molar-refractivity contribution in [2.75, 3.05) is 5.32 Å². The maximum Gasteiger partial charge on any atom is 0.242 e. The summed E-state index contributed by atoms with van der Waals surface area (Å²) < 4.78 is 20.5. The summed E-state index contributed by atoms with van der Waals surface area (Å²) in [4.78, 5) is 13.2. The third-order valence-electron chi connectivity index (χ3n) is 5.24. The number of halogens is 1. The zero-order valence-electron chi connectivity index (χ0n) is 18.3. The van der Waals surface area contributed by atoms with Crippen LogP contribution in [-0.2, 0) is 0 Å². The predicted octanol–water partition coefficient (Wildman–Crippen LogP) is 6.92. The average molecular weight is 468 g/mol. The van der Waals surface area contributed by atoms with Gasteiger partial charge in [0.05, 0.1) is 17.4 Å². The van der Waals surface area contributed by atoms with Crippen molar-refractivity contribution in [3.05, 3.63) is 88.8 Å². The van der Waals surface area contributed by atoms with Crippen molar-refractivity contribution in [1.82, 2.24) is 15.0 Å². The van der Waals surface area contributed by atoms with Crippen LogP contribution in [0.15, 0.2) is 66.2 Å². The Morgan fingerprint density at radius 3 is 2.41 bits per heavy atom. The molecule has 0 atom stereocenters. The first-order chi connectivity index (χ1) is 16.5. The van der Waals surface area contributed by atoms with E-state index in [1.165, 1.54) is 23.5 Å². The first-order valence-corrected chi connectivity index (χ1v) is 11.3. The molecule has 6 nitrogen and oxygen atoms in total. The Bertz CT molecular complexity index is 1520. The summed E-state index contributed by atoms with van der Waals surface area (Å²) in [7, 11) is 0. The number of aryl methyl sites for hydroxylation is 2. The van der Waals surface area contributed by atoms with Crippen molar-refractivity contribution in [3.8, 4) is 28.8 Å². The highest BCUT2D eigenvalue weighted by atomic mass is 32.1. The Morgan fingerprint density at radius 2 is 1.74 bits per heavy atom. The molecule has 2 aromatic carbocycles. The molecule has 3 heterocycles. The van der Waals surface area contributed by atoms with Gasteiger partial charge >= 0.3 is 0 Å². The Balaban J connectivity index is 1.49. The minimum atomic E-state index is -0.262. The number of anilines is 2. The second-order valence-electron chi connectivity index (χ2n) is 7.70.